The Hall–Kier alpha value is -1.97. The van der Waals surface area contributed by atoms with E-state index in [2.05, 4.69) is 32.0 Å². The first kappa shape index (κ1) is 11.1. The van der Waals surface area contributed by atoms with Crippen LogP contribution < -0.4 is 4.90 Å². The van der Waals surface area contributed by atoms with Crippen molar-refractivity contribution in [1.82, 2.24) is 15.0 Å². The fraction of sp³-hybridized carbons (Fsp3) is 0.357. The van der Waals surface area contributed by atoms with Gasteiger partial charge in [-0.25, -0.2) is 9.97 Å². The lowest BCUT2D eigenvalue weighted by Gasteiger charge is -2.32. The van der Waals surface area contributed by atoms with E-state index in [0.29, 0.717) is 5.92 Å². The number of hydrogen-bond donors (Lipinski definition) is 0. The van der Waals surface area contributed by atoms with Crippen molar-refractivity contribution < 1.29 is 0 Å². The lowest BCUT2D eigenvalue weighted by atomic mass is 9.91. The second kappa shape index (κ2) is 5.12. The fourth-order valence-electron chi connectivity index (χ4n) is 2.52. The van der Waals surface area contributed by atoms with Gasteiger partial charge in [-0.2, -0.15) is 0 Å². The van der Waals surface area contributed by atoms with Gasteiger partial charge in [0.15, 0.2) is 0 Å². The second-order valence-corrected chi connectivity index (χ2v) is 4.61. The highest BCUT2D eigenvalue weighted by atomic mass is 15.2. The SMILES string of the molecule is c1cnc(N2CCC[C@H](c3ccncc3)C2)nc1. The van der Waals surface area contributed by atoms with Gasteiger partial charge in [0.05, 0.1) is 0 Å². The van der Waals surface area contributed by atoms with Crippen LogP contribution in [0, 0.1) is 0 Å². The van der Waals surface area contributed by atoms with Gasteiger partial charge in [0.1, 0.15) is 0 Å². The lowest BCUT2D eigenvalue weighted by molar-refractivity contribution is 0.503. The summed E-state index contributed by atoms with van der Waals surface area (Å²) in [5.74, 6) is 1.40. The number of hydrogen-bond acceptors (Lipinski definition) is 4. The van der Waals surface area contributed by atoms with Crippen molar-refractivity contribution in [1.29, 1.82) is 0 Å². The highest BCUT2D eigenvalue weighted by Crippen LogP contribution is 2.27. The molecule has 0 aromatic carbocycles. The van der Waals surface area contributed by atoms with Gasteiger partial charge < -0.3 is 4.90 Å². The molecular weight excluding hydrogens is 224 g/mol. The topological polar surface area (TPSA) is 41.9 Å². The largest absolute Gasteiger partial charge is 0.340 e. The summed E-state index contributed by atoms with van der Waals surface area (Å²) in [6, 6.07) is 6.08. The molecule has 92 valence electrons. The Kier molecular flexibility index (Phi) is 3.17. The standard InChI is InChI=1S/C14H16N4/c1-3-13(12-4-8-15-9-5-12)11-18(10-1)14-16-6-2-7-17-14/h2,4-9,13H,1,3,10-11H2/t13-/m0/s1. The van der Waals surface area contributed by atoms with E-state index < -0.39 is 0 Å². The molecule has 4 nitrogen and oxygen atoms in total. The predicted molar refractivity (Wildman–Crippen MR) is 70.5 cm³/mol. The average Bonchev–Trinajstić information content (AvgIpc) is 2.49. The minimum absolute atomic E-state index is 0.561. The van der Waals surface area contributed by atoms with Crippen LogP contribution in [0.1, 0.15) is 24.3 Å². The van der Waals surface area contributed by atoms with E-state index >= 15 is 0 Å². The molecule has 0 spiro atoms. The number of piperidine rings is 1. The van der Waals surface area contributed by atoms with E-state index in [1.54, 1.807) is 12.4 Å². The number of anilines is 1. The Balaban J connectivity index is 1.77. The summed E-state index contributed by atoms with van der Waals surface area (Å²) in [6.07, 6.45) is 9.76. The van der Waals surface area contributed by atoms with Gasteiger partial charge in [-0.3, -0.25) is 4.98 Å². The van der Waals surface area contributed by atoms with E-state index in [1.807, 2.05) is 18.5 Å². The van der Waals surface area contributed by atoms with Crippen LogP contribution in [-0.2, 0) is 0 Å². The first-order valence-electron chi connectivity index (χ1n) is 6.35. The van der Waals surface area contributed by atoms with Crippen molar-refractivity contribution in [3.8, 4) is 0 Å². The first-order valence-corrected chi connectivity index (χ1v) is 6.35. The van der Waals surface area contributed by atoms with Crippen LogP contribution in [0.3, 0.4) is 0 Å². The van der Waals surface area contributed by atoms with Crippen LogP contribution in [0.15, 0.2) is 43.0 Å². The maximum atomic E-state index is 4.33. The Morgan fingerprint density at radius 3 is 2.61 bits per heavy atom. The summed E-state index contributed by atoms with van der Waals surface area (Å²) >= 11 is 0. The normalized spacial score (nSPS) is 19.8. The molecule has 1 saturated heterocycles. The zero-order chi connectivity index (χ0) is 12.2. The van der Waals surface area contributed by atoms with Crippen molar-refractivity contribution in [3.63, 3.8) is 0 Å². The van der Waals surface area contributed by atoms with E-state index in [0.717, 1.165) is 19.0 Å². The zero-order valence-electron chi connectivity index (χ0n) is 10.2. The molecule has 0 radical (unpaired) electrons. The molecule has 4 heteroatoms. The highest BCUT2D eigenvalue weighted by molar-refractivity contribution is 5.32. The van der Waals surface area contributed by atoms with Gasteiger partial charge in [-0.05, 0) is 36.6 Å². The second-order valence-electron chi connectivity index (χ2n) is 4.61. The summed E-state index contributed by atoms with van der Waals surface area (Å²) < 4.78 is 0. The molecule has 0 bridgehead atoms. The molecule has 0 saturated carbocycles. The van der Waals surface area contributed by atoms with Crippen molar-refractivity contribution in [2.75, 3.05) is 18.0 Å². The van der Waals surface area contributed by atoms with Crippen molar-refractivity contribution in [3.05, 3.63) is 48.5 Å². The lowest BCUT2D eigenvalue weighted by Crippen LogP contribution is -2.35. The van der Waals surface area contributed by atoms with Crippen LogP contribution in [0.2, 0.25) is 0 Å². The van der Waals surface area contributed by atoms with Crippen LogP contribution in [0.25, 0.3) is 0 Å². The molecule has 3 rings (SSSR count). The van der Waals surface area contributed by atoms with Gasteiger partial charge in [0.25, 0.3) is 0 Å². The molecule has 1 atom stereocenters. The summed E-state index contributed by atoms with van der Waals surface area (Å²) in [6.45, 7) is 2.04. The smallest absolute Gasteiger partial charge is 0.225 e. The minimum atomic E-state index is 0.561. The van der Waals surface area contributed by atoms with Crippen LogP contribution in [0.4, 0.5) is 5.95 Å². The monoisotopic (exact) mass is 240 g/mol. The minimum Gasteiger partial charge on any atom is -0.340 e. The molecule has 1 fully saturated rings. The van der Waals surface area contributed by atoms with Crippen LogP contribution in [-0.4, -0.2) is 28.0 Å². The third-order valence-electron chi connectivity index (χ3n) is 3.43. The first-order chi connectivity index (χ1) is 8.93. The maximum Gasteiger partial charge on any atom is 0.225 e. The fourth-order valence-corrected chi connectivity index (χ4v) is 2.52. The Morgan fingerprint density at radius 1 is 1.06 bits per heavy atom. The molecule has 1 aliphatic heterocycles. The van der Waals surface area contributed by atoms with Crippen molar-refractivity contribution in [2.24, 2.45) is 0 Å². The molecule has 3 heterocycles. The summed E-state index contributed by atoms with van der Waals surface area (Å²) in [7, 11) is 0. The molecule has 2 aromatic rings. The molecule has 1 aliphatic rings. The number of rotatable bonds is 2. The van der Waals surface area contributed by atoms with E-state index in [1.165, 1.54) is 18.4 Å². The molecule has 0 amide bonds. The third-order valence-corrected chi connectivity index (χ3v) is 3.43. The van der Waals surface area contributed by atoms with Gasteiger partial charge in [0, 0.05) is 43.8 Å². The van der Waals surface area contributed by atoms with Gasteiger partial charge in [-0.15, -0.1) is 0 Å². The predicted octanol–water partition coefficient (Wildman–Crippen LogP) is 2.26. The third kappa shape index (κ3) is 2.32. The zero-order valence-corrected chi connectivity index (χ0v) is 10.2. The van der Waals surface area contributed by atoms with Gasteiger partial charge in [0.2, 0.25) is 5.95 Å². The summed E-state index contributed by atoms with van der Waals surface area (Å²) in [4.78, 5) is 15.0. The summed E-state index contributed by atoms with van der Waals surface area (Å²) in [5, 5.41) is 0. The maximum absolute atomic E-state index is 4.33. The van der Waals surface area contributed by atoms with E-state index in [4.69, 9.17) is 0 Å². The van der Waals surface area contributed by atoms with Crippen molar-refractivity contribution >= 4 is 5.95 Å². The number of nitrogens with zero attached hydrogens (tertiary/aromatic N) is 4. The van der Waals surface area contributed by atoms with Crippen LogP contribution >= 0.6 is 0 Å². The molecule has 18 heavy (non-hydrogen) atoms. The Morgan fingerprint density at radius 2 is 1.83 bits per heavy atom. The van der Waals surface area contributed by atoms with Crippen LogP contribution in [0.5, 0.6) is 0 Å². The molecule has 0 aliphatic carbocycles. The summed E-state index contributed by atoms with van der Waals surface area (Å²) in [5.41, 5.74) is 1.37. The average molecular weight is 240 g/mol. The quantitative estimate of drug-likeness (QED) is 0.807. The Bertz CT molecular complexity index is 440. The van der Waals surface area contributed by atoms with Gasteiger partial charge in [-0.1, -0.05) is 0 Å². The molecular formula is C14H16N4. The van der Waals surface area contributed by atoms with E-state index in [-0.39, 0.29) is 0 Å². The Labute approximate surface area is 107 Å². The molecule has 0 N–H and O–H groups in total. The number of pyridine rings is 1. The molecule has 0 unspecified atom stereocenters. The van der Waals surface area contributed by atoms with E-state index in [9.17, 15) is 0 Å². The molecule has 2 aromatic heterocycles. The highest BCUT2D eigenvalue weighted by Gasteiger charge is 2.22. The van der Waals surface area contributed by atoms with Crippen molar-refractivity contribution in [2.45, 2.75) is 18.8 Å². The number of aromatic nitrogens is 3. The van der Waals surface area contributed by atoms with Gasteiger partial charge >= 0.3 is 0 Å².